The number of rotatable bonds is 2. The molecular weight excluding hydrogens is 198 g/mol. The average Bonchev–Trinajstić information content (AvgIpc) is 2.02. The molecule has 13 heavy (non-hydrogen) atoms. The number of halogens is 3. The molecule has 1 nitrogen and oxygen atoms in total. The number of hydrogen-bond acceptors (Lipinski definition) is 1. The summed E-state index contributed by atoms with van der Waals surface area (Å²) in [6, 6.07) is 0. The van der Waals surface area contributed by atoms with E-state index in [0.29, 0.717) is 12.8 Å². The minimum absolute atomic E-state index is 0.0848. The Balaban J connectivity index is 2.37. The van der Waals surface area contributed by atoms with Gasteiger partial charge in [0.15, 0.2) is 0 Å². The predicted molar refractivity (Wildman–Crippen MR) is 46.9 cm³/mol. The lowest BCUT2D eigenvalue weighted by atomic mass is 9.87. The van der Waals surface area contributed by atoms with Crippen LogP contribution in [0.4, 0.5) is 8.78 Å². The highest BCUT2D eigenvalue weighted by Gasteiger charge is 2.33. The molecule has 0 saturated heterocycles. The summed E-state index contributed by atoms with van der Waals surface area (Å²) in [6.07, 6.45) is 3.58. The van der Waals surface area contributed by atoms with Crippen LogP contribution in [0, 0.1) is 5.92 Å². The maximum absolute atomic E-state index is 12.7. The van der Waals surface area contributed by atoms with Crippen molar-refractivity contribution in [1.82, 2.24) is 0 Å². The van der Waals surface area contributed by atoms with Crippen LogP contribution in [0.2, 0.25) is 0 Å². The quantitative estimate of drug-likeness (QED) is 0.503. The molecule has 0 bridgehead atoms. The maximum Gasteiger partial charge on any atom is 0.248 e. The van der Waals surface area contributed by atoms with E-state index in [0.717, 1.165) is 0 Å². The summed E-state index contributed by atoms with van der Waals surface area (Å²) < 4.78 is 25.3. The topological polar surface area (TPSA) is 17.1 Å². The van der Waals surface area contributed by atoms with Crippen LogP contribution in [0.5, 0.6) is 0 Å². The van der Waals surface area contributed by atoms with E-state index in [4.69, 9.17) is 11.6 Å². The molecule has 1 aliphatic rings. The van der Waals surface area contributed by atoms with E-state index in [1.54, 1.807) is 6.08 Å². The van der Waals surface area contributed by atoms with Gasteiger partial charge < -0.3 is 0 Å². The Labute approximate surface area is 80.8 Å². The molecule has 1 fully saturated rings. The third-order valence-electron chi connectivity index (χ3n) is 2.26. The van der Waals surface area contributed by atoms with Crippen LogP contribution >= 0.6 is 11.6 Å². The van der Waals surface area contributed by atoms with Gasteiger partial charge in [0.05, 0.1) is 0 Å². The van der Waals surface area contributed by atoms with E-state index < -0.39 is 11.2 Å². The monoisotopic (exact) mass is 208 g/mol. The standard InChI is InChI=1S/C9H11ClF2O/c10-8(13)2-1-7-3-5-9(11,12)6-4-7/h1-2,7H,3-6H2. The van der Waals surface area contributed by atoms with E-state index in [1.807, 2.05) is 0 Å². The van der Waals surface area contributed by atoms with Crippen LogP contribution in [0.25, 0.3) is 0 Å². The Hall–Kier alpha value is -0.440. The van der Waals surface area contributed by atoms with Gasteiger partial charge in [-0.15, -0.1) is 0 Å². The molecule has 1 saturated carbocycles. The van der Waals surface area contributed by atoms with E-state index >= 15 is 0 Å². The smallest absolute Gasteiger partial charge is 0.248 e. The van der Waals surface area contributed by atoms with Crippen molar-refractivity contribution >= 4 is 16.8 Å². The zero-order valence-electron chi connectivity index (χ0n) is 7.10. The third-order valence-corrected chi connectivity index (χ3v) is 2.39. The second-order valence-corrected chi connectivity index (χ2v) is 3.73. The summed E-state index contributed by atoms with van der Waals surface area (Å²) in [5.74, 6) is -2.42. The largest absolute Gasteiger partial charge is 0.276 e. The van der Waals surface area contributed by atoms with Gasteiger partial charge in [-0.05, 0) is 36.4 Å². The number of alkyl halides is 2. The van der Waals surface area contributed by atoms with Crippen molar-refractivity contribution in [2.45, 2.75) is 31.6 Å². The number of carbonyl (C=O) groups excluding carboxylic acids is 1. The first kappa shape index (κ1) is 10.6. The van der Waals surface area contributed by atoms with Crippen molar-refractivity contribution in [3.05, 3.63) is 12.2 Å². The molecule has 4 heteroatoms. The molecule has 0 aliphatic heterocycles. The Bertz CT molecular complexity index is 216. The van der Waals surface area contributed by atoms with Crippen LogP contribution < -0.4 is 0 Å². The van der Waals surface area contributed by atoms with Crippen molar-refractivity contribution in [3.8, 4) is 0 Å². The lowest BCUT2D eigenvalue weighted by molar-refractivity contribution is -0.107. The Morgan fingerprint density at radius 2 is 1.92 bits per heavy atom. The summed E-state index contributed by atoms with van der Waals surface area (Å²) in [5.41, 5.74) is 0. The third kappa shape index (κ3) is 3.85. The Kier molecular flexibility index (Phi) is 3.42. The predicted octanol–water partition coefficient (Wildman–Crippen LogP) is 3.13. The highest BCUT2D eigenvalue weighted by molar-refractivity contribution is 6.66. The maximum atomic E-state index is 12.7. The SMILES string of the molecule is O=C(Cl)C=CC1CCC(F)(F)CC1. The van der Waals surface area contributed by atoms with Crippen LogP contribution in [-0.2, 0) is 4.79 Å². The van der Waals surface area contributed by atoms with E-state index in [9.17, 15) is 13.6 Å². The van der Waals surface area contributed by atoms with Gasteiger partial charge >= 0.3 is 0 Å². The molecule has 0 spiro atoms. The van der Waals surface area contributed by atoms with Crippen molar-refractivity contribution in [1.29, 1.82) is 0 Å². The fraction of sp³-hybridized carbons (Fsp3) is 0.667. The average molecular weight is 209 g/mol. The highest BCUT2D eigenvalue weighted by atomic mass is 35.5. The van der Waals surface area contributed by atoms with Gasteiger partial charge in [-0.25, -0.2) is 8.78 Å². The van der Waals surface area contributed by atoms with Crippen molar-refractivity contribution in [3.63, 3.8) is 0 Å². The van der Waals surface area contributed by atoms with Gasteiger partial charge in [0.1, 0.15) is 0 Å². The summed E-state index contributed by atoms with van der Waals surface area (Å²) in [4.78, 5) is 10.3. The van der Waals surface area contributed by atoms with Gasteiger partial charge in [-0.1, -0.05) is 6.08 Å². The fourth-order valence-corrected chi connectivity index (χ4v) is 1.54. The molecule has 0 N–H and O–H groups in total. The Morgan fingerprint density at radius 3 is 2.38 bits per heavy atom. The molecule has 0 aromatic carbocycles. The number of carbonyl (C=O) groups is 1. The van der Waals surface area contributed by atoms with E-state index in [1.165, 1.54) is 6.08 Å². The molecule has 0 unspecified atom stereocenters. The second kappa shape index (κ2) is 4.18. The Morgan fingerprint density at radius 1 is 1.38 bits per heavy atom. The summed E-state index contributed by atoms with van der Waals surface area (Å²) in [5, 5.41) is -0.544. The van der Waals surface area contributed by atoms with Gasteiger partial charge in [-0.3, -0.25) is 4.79 Å². The second-order valence-electron chi connectivity index (χ2n) is 3.36. The molecule has 1 rings (SSSR count). The van der Waals surface area contributed by atoms with Crippen molar-refractivity contribution in [2.75, 3.05) is 0 Å². The molecule has 0 aromatic heterocycles. The lowest BCUT2D eigenvalue weighted by Crippen LogP contribution is -2.23. The first-order valence-electron chi connectivity index (χ1n) is 4.25. The van der Waals surface area contributed by atoms with Gasteiger partial charge in [0.2, 0.25) is 11.2 Å². The minimum Gasteiger partial charge on any atom is -0.276 e. The molecule has 0 heterocycles. The molecule has 0 atom stereocenters. The first-order valence-corrected chi connectivity index (χ1v) is 4.63. The molecule has 74 valence electrons. The van der Waals surface area contributed by atoms with E-state index in [2.05, 4.69) is 0 Å². The lowest BCUT2D eigenvalue weighted by Gasteiger charge is -2.26. The normalized spacial score (nSPS) is 23.6. The molecular formula is C9H11ClF2O. The molecule has 1 aliphatic carbocycles. The van der Waals surface area contributed by atoms with Crippen LogP contribution in [0.15, 0.2) is 12.2 Å². The summed E-state index contributed by atoms with van der Waals surface area (Å²) in [6.45, 7) is 0. The number of hydrogen-bond donors (Lipinski definition) is 0. The van der Waals surface area contributed by atoms with Crippen LogP contribution in [0.1, 0.15) is 25.7 Å². The summed E-state index contributed by atoms with van der Waals surface area (Å²) in [7, 11) is 0. The van der Waals surface area contributed by atoms with E-state index in [-0.39, 0.29) is 18.8 Å². The summed E-state index contributed by atoms with van der Waals surface area (Å²) >= 11 is 5.08. The fourth-order valence-electron chi connectivity index (χ4n) is 1.47. The zero-order valence-corrected chi connectivity index (χ0v) is 7.86. The minimum atomic E-state index is -2.50. The van der Waals surface area contributed by atoms with Gasteiger partial charge in [0.25, 0.3) is 0 Å². The van der Waals surface area contributed by atoms with Gasteiger partial charge in [-0.2, -0.15) is 0 Å². The highest BCUT2D eigenvalue weighted by Crippen LogP contribution is 2.36. The first-order chi connectivity index (χ1) is 5.99. The molecule has 0 radical (unpaired) electrons. The molecule has 0 aromatic rings. The number of allylic oxidation sites excluding steroid dienone is 2. The van der Waals surface area contributed by atoms with Crippen molar-refractivity contribution < 1.29 is 13.6 Å². The van der Waals surface area contributed by atoms with Gasteiger partial charge in [0, 0.05) is 12.8 Å². The van der Waals surface area contributed by atoms with Crippen LogP contribution in [-0.4, -0.2) is 11.2 Å². The van der Waals surface area contributed by atoms with Crippen molar-refractivity contribution in [2.24, 2.45) is 5.92 Å². The zero-order chi connectivity index (χ0) is 9.90. The molecule has 0 amide bonds. The van der Waals surface area contributed by atoms with Crippen LogP contribution in [0.3, 0.4) is 0 Å².